The number of para-hydroxylation sites is 3. The molecular formula is C31H21NO. The minimum atomic E-state index is 0.919. The SMILES string of the molecule is Cc1ccc(-c2cccc3oc4ccccc4c23)c(-n2c3ccccc3c3ccccc32)c1. The monoisotopic (exact) mass is 423 g/mol. The molecule has 0 N–H and O–H groups in total. The molecule has 0 aliphatic rings. The molecule has 2 heterocycles. The number of nitrogens with zero attached hydrogens (tertiary/aromatic N) is 1. The fourth-order valence-electron chi connectivity index (χ4n) is 5.24. The van der Waals surface area contributed by atoms with Crippen molar-refractivity contribution in [3.8, 4) is 16.8 Å². The minimum absolute atomic E-state index is 0.919. The van der Waals surface area contributed by atoms with E-state index in [1.54, 1.807) is 0 Å². The van der Waals surface area contributed by atoms with Crippen LogP contribution in [0.2, 0.25) is 0 Å². The lowest BCUT2D eigenvalue weighted by Gasteiger charge is -2.16. The number of hydrogen-bond acceptors (Lipinski definition) is 1. The Kier molecular flexibility index (Phi) is 3.80. The van der Waals surface area contributed by atoms with Crippen LogP contribution in [0.5, 0.6) is 0 Å². The average Bonchev–Trinajstić information content (AvgIpc) is 3.40. The first-order valence-corrected chi connectivity index (χ1v) is 11.3. The first-order valence-electron chi connectivity index (χ1n) is 11.3. The molecule has 0 saturated heterocycles. The first-order chi connectivity index (χ1) is 16.3. The molecule has 0 atom stereocenters. The fraction of sp³-hybridized carbons (Fsp3) is 0.0323. The second-order valence-electron chi connectivity index (χ2n) is 8.67. The van der Waals surface area contributed by atoms with Gasteiger partial charge in [-0.25, -0.2) is 0 Å². The summed E-state index contributed by atoms with van der Waals surface area (Å²) in [5, 5.41) is 4.86. The van der Waals surface area contributed by atoms with Gasteiger partial charge in [0.15, 0.2) is 0 Å². The van der Waals surface area contributed by atoms with Gasteiger partial charge in [-0.1, -0.05) is 78.9 Å². The first kappa shape index (κ1) is 18.3. The van der Waals surface area contributed by atoms with Crippen molar-refractivity contribution >= 4 is 43.7 Å². The predicted octanol–water partition coefficient (Wildman–Crippen LogP) is 8.66. The van der Waals surface area contributed by atoms with Crippen LogP contribution in [0.1, 0.15) is 5.56 Å². The highest BCUT2D eigenvalue weighted by atomic mass is 16.3. The number of fused-ring (bicyclic) bond motifs is 6. The number of hydrogen-bond donors (Lipinski definition) is 0. The van der Waals surface area contributed by atoms with Gasteiger partial charge in [-0.05, 0) is 48.4 Å². The largest absolute Gasteiger partial charge is 0.456 e. The molecule has 7 rings (SSSR count). The maximum Gasteiger partial charge on any atom is 0.136 e. The molecule has 156 valence electrons. The van der Waals surface area contributed by atoms with Gasteiger partial charge in [0, 0.05) is 27.1 Å². The van der Waals surface area contributed by atoms with Crippen molar-refractivity contribution in [1.82, 2.24) is 4.57 Å². The molecule has 33 heavy (non-hydrogen) atoms. The van der Waals surface area contributed by atoms with Gasteiger partial charge in [-0.2, -0.15) is 0 Å². The van der Waals surface area contributed by atoms with Crippen LogP contribution in [0.15, 0.2) is 114 Å². The number of benzene rings is 5. The molecule has 0 fully saturated rings. The molecular weight excluding hydrogens is 402 g/mol. The van der Waals surface area contributed by atoms with E-state index in [1.807, 2.05) is 12.1 Å². The molecule has 0 bridgehead atoms. The Morgan fingerprint density at radius 3 is 1.94 bits per heavy atom. The van der Waals surface area contributed by atoms with Crippen molar-refractivity contribution in [2.75, 3.05) is 0 Å². The zero-order valence-electron chi connectivity index (χ0n) is 18.2. The van der Waals surface area contributed by atoms with Crippen molar-refractivity contribution in [3.05, 3.63) is 115 Å². The van der Waals surface area contributed by atoms with Crippen LogP contribution in [-0.2, 0) is 0 Å². The predicted molar refractivity (Wildman–Crippen MR) is 138 cm³/mol. The maximum absolute atomic E-state index is 6.20. The highest BCUT2D eigenvalue weighted by Gasteiger charge is 2.18. The van der Waals surface area contributed by atoms with Gasteiger partial charge in [-0.3, -0.25) is 0 Å². The normalized spacial score (nSPS) is 11.8. The topological polar surface area (TPSA) is 18.1 Å². The van der Waals surface area contributed by atoms with E-state index < -0.39 is 0 Å². The second kappa shape index (κ2) is 6.85. The molecule has 0 amide bonds. The molecule has 2 aromatic heterocycles. The standard InChI is InChI=1S/C31H21NO/c1-20-17-18-23(24-12-8-16-30-31(24)25-11-4-7-15-29(25)33-30)28(19-20)32-26-13-5-2-9-21(26)22-10-3-6-14-27(22)32/h2-19H,1H3. The van der Waals surface area contributed by atoms with Crippen LogP contribution in [0, 0.1) is 6.92 Å². The van der Waals surface area contributed by atoms with E-state index in [4.69, 9.17) is 4.42 Å². The van der Waals surface area contributed by atoms with Gasteiger partial charge in [0.1, 0.15) is 11.2 Å². The number of rotatable bonds is 2. The van der Waals surface area contributed by atoms with Gasteiger partial charge in [-0.15, -0.1) is 0 Å². The Labute approximate surface area is 191 Å². The number of aryl methyl sites for hydroxylation is 1. The highest BCUT2D eigenvalue weighted by Crippen LogP contribution is 2.41. The Morgan fingerprint density at radius 2 is 1.18 bits per heavy atom. The van der Waals surface area contributed by atoms with E-state index in [1.165, 1.54) is 49.6 Å². The molecule has 2 heteroatoms. The molecule has 7 aromatic rings. The lowest BCUT2D eigenvalue weighted by atomic mass is 9.96. The van der Waals surface area contributed by atoms with E-state index in [0.717, 1.165) is 16.6 Å². The van der Waals surface area contributed by atoms with Crippen LogP contribution >= 0.6 is 0 Å². The van der Waals surface area contributed by atoms with Crippen LogP contribution in [0.3, 0.4) is 0 Å². The van der Waals surface area contributed by atoms with Crippen molar-refractivity contribution < 1.29 is 4.42 Å². The zero-order chi connectivity index (χ0) is 21.9. The molecule has 0 unspecified atom stereocenters. The summed E-state index contributed by atoms with van der Waals surface area (Å²) in [6.45, 7) is 2.16. The van der Waals surface area contributed by atoms with E-state index in [0.29, 0.717) is 0 Å². The Morgan fingerprint density at radius 1 is 0.545 bits per heavy atom. The van der Waals surface area contributed by atoms with Gasteiger partial charge >= 0.3 is 0 Å². The Hall–Kier alpha value is -4.30. The maximum atomic E-state index is 6.20. The summed E-state index contributed by atoms with van der Waals surface area (Å²) in [5.41, 5.74) is 9.08. The van der Waals surface area contributed by atoms with E-state index >= 15 is 0 Å². The lowest BCUT2D eigenvalue weighted by molar-refractivity contribution is 0.669. The van der Waals surface area contributed by atoms with Crippen LogP contribution in [0.25, 0.3) is 60.6 Å². The molecule has 5 aromatic carbocycles. The zero-order valence-corrected chi connectivity index (χ0v) is 18.2. The molecule has 0 spiro atoms. The van der Waals surface area contributed by atoms with Crippen LogP contribution in [0.4, 0.5) is 0 Å². The third-order valence-electron chi connectivity index (χ3n) is 6.67. The van der Waals surface area contributed by atoms with E-state index in [9.17, 15) is 0 Å². The molecule has 0 aliphatic heterocycles. The third kappa shape index (κ3) is 2.61. The summed E-state index contributed by atoms with van der Waals surface area (Å²) in [7, 11) is 0. The smallest absolute Gasteiger partial charge is 0.136 e. The van der Waals surface area contributed by atoms with Gasteiger partial charge in [0.05, 0.1) is 16.7 Å². The number of aromatic nitrogens is 1. The highest BCUT2D eigenvalue weighted by molar-refractivity contribution is 6.14. The van der Waals surface area contributed by atoms with Gasteiger partial charge in [0.2, 0.25) is 0 Å². The van der Waals surface area contributed by atoms with E-state index in [-0.39, 0.29) is 0 Å². The second-order valence-corrected chi connectivity index (χ2v) is 8.67. The quantitative estimate of drug-likeness (QED) is 0.272. The summed E-state index contributed by atoms with van der Waals surface area (Å²) in [6, 6.07) is 38.8. The Balaban J connectivity index is 1.64. The summed E-state index contributed by atoms with van der Waals surface area (Å²) in [5.74, 6) is 0. The van der Waals surface area contributed by atoms with Gasteiger partial charge in [0.25, 0.3) is 0 Å². The van der Waals surface area contributed by atoms with Crippen LogP contribution in [-0.4, -0.2) is 4.57 Å². The molecule has 2 nitrogen and oxygen atoms in total. The summed E-state index contributed by atoms with van der Waals surface area (Å²) in [6.07, 6.45) is 0. The lowest BCUT2D eigenvalue weighted by Crippen LogP contribution is -1.98. The van der Waals surface area contributed by atoms with Crippen molar-refractivity contribution in [1.29, 1.82) is 0 Å². The summed E-state index contributed by atoms with van der Waals surface area (Å²) < 4.78 is 8.61. The Bertz CT molecular complexity index is 1780. The van der Waals surface area contributed by atoms with Crippen molar-refractivity contribution in [2.24, 2.45) is 0 Å². The molecule has 0 radical (unpaired) electrons. The summed E-state index contributed by atoms with van der Waals surface area (Å²) in [4.78, 5) is 0. The van der Waals surface area contributed by atoms with Gasteiger partial charge < -0.3 is 8.98 Å². The fourth-order valence-corrected chi connectivity index (χ4v) is 5.24. The number of furan rings is 1. The van der Waals surface area contributed by atoms with Crippen LogP contribution < -0.4 is 0 Å². The van der Waals surface area contributed by atoms with E-state index in [2.05, 4.69) is 109 Å². The molecule has 0 saturated carbocycles. The molecule has 0 aliphatic carbocycles. The van der Waals surface area contributed by atoms with Crippen molar-refractivity contribution in [3.63, 3.8) is 0 Å². The summed E-state index contributed by atoms with van der Waals surface area (Å²) >= 11 is 0. The third-order valence-corrected chi connectivity index (χ3v) is 6.67. The van der Waals surface area contributed by atoms with Crippen molar-refractivity contribution in [2.45, 2.75) is 6.92 Å². The average molecular weight is 424 g/mol. The minimum Gasteiger partial charge on any atom is -0.456 e.